The lowest BCUT2D eigenvalue weighted by Crippen LogP contribution is -2.49. The highest BCUT2D eigenvalue weighted by atomic mass is 16.5. The third kappa shape index (κ3) is 6.21. The first-order chi connectivity index (χ1) is 14.5. The van der Waals surface area contributed by atoms with E-state index >= 15 is 0 Å². The van der Waals surface area contributed by atoms with Gasteiger partial charge >= 0.3 is 5.97 Å². The van der Waals surface area contributed by atoms with Crippen LogP contribution < -0.4 is 4.74 Å². The van der Waals surface area contributed by atoms with Crippen LogP contribution in [0.5, 0.6) is 5.75 Å². The highest BCUT2D eigenvalue weighted by molar-refractivity contribution is 5.88. The Labute approximate surface area is 181 Å². The second-order valence-electron chi connectivity index (χ2n) is 9.34. The summed E-state index contributed by atoms with van der Waals surface area (Å²) in [5, 5.41) is 2.42. The molecule has 2 aromatic carbocycles. The third-order valence-electron chi connectivity index (χ3n) is 5.65. The molecule has 2 aliphatic rings. The summed E-state index contributed by atoms with van der Waals surface area (Å²) in [6.45, 7) is 8.95. The van der Waals surface area contributed by atoms with Crippen molar-refractivity contribution in [2.45, 2.75) is 65.5 Å². The Hall–Kier alpha value is -2.07. The van der Waals surface area contributed by atoms with Crippen LogP contribution in [-0.2, 0) is 16.1 Å². The summed E-state index contributed by atoms with van der Waals surface area (Å²) in [6, 6.07) is 12.9. The van der Waals surface area contributed by atoms with Crippen molar-refractivity contribution in [3.05, 3.63) is 42.0 Å². The number of likely N-dealkylation sites (tertiary alicyclic amines) is 1. The summed E-state index contributed by atoms with van der Waals surface area (Å²) in [6.07, 6.45) is 6.61. The summed E-state index contributed by atoms with van der Waals surface area (Å²) in [4.78, 5) is 13.8. The molecule has 1 aliphatic carbocycles. The molecule has 4 nitrogen and oxygen atoms in total. The molecule has 2 aromatic rings. The van der Waals surface area contributed by atoms with E-state index in [-0.39, 0.29) is 11.9 Å². The van der Waals surface area contributed by atoms with Crippen LogP contribution in [0, 0.1) is 11.8 Å². The Morgan fingerprint density at radius 2 is 1.77 bits per heavy atom. The molecule has 1 heterocycles. The van der Waals surface area contributed by atoms with Crippen LogP contribution in [0.25, 0.3) is 10.8 Å². The number of hydrogen-bond donors (Lipinski definition) is 0. The lowest BCUT2D eigenvalue weighted by atomic mass is 9.97. The molecule has 0 spiro atoms. The molecule has 0 radical (unpaired) electrons. The van der Waals surface area contributed by atoms with Crippen LogP contribution >= 0.6 is 0 Å². The summed E-state index contributed by atoms with van der Waals surface area (Å²) in [7, 11) is 1.46. The molecule has 4 heteroatoms. The maximum atomic E-state index is 11.5. The fourth-order valence-electron chi connectivity index (χ4n) is 4.14. The van der Waals surface area contributed by atoms with Crippen LogP contribution in [0.2, 0.25) is 0 Å². The molecule has 30 heavy (non-hydrogen) atoms. The predicted octanol–water partition coefficient (Wildman–Crippen LogP) is 5.82. The summed E-state index contributed by atoms with van der Waals surface area (Å²) in [5.41, 5.74) is 1.27. The van der Waals surface area contributed by atoms with E-state index in [1.165, 1.54) is 55.5 Å². The molecular formula is C26H37NO3. The SMILES string of the molecule is CC(C)C.COC(=O)C1CN(Cc2ccc3c(OC4CCCCC4)cccc3c2)C1. The van der Waals surface area contributed by atoms with Crippen LogP contribution in [0.4, 0.5) is 0 Å². The van der Waals surface area contributed by atoms with E-state index in [1.54, 1.807) is 0 Å². The van der Waals surface area contributed by atoms with Crippen molar-refractivity contribution >= 4 is 16.7 Å². The van der Waals surface area contributed by atoms with Gasteiger partial charge in [-0.2, -0.15) is 0 Å². The highest BCUT2D eigenvalue weighted by Gasteiger charge is 2.33. The Balaban J connectivity index is 0.000000589. The van der Waals surface area contributed by atoms with E-state index in [0.717, 1.165) is 31.3 Å². The molecule has 0 amide bonds. The zero-order chi connectivity index (χ0) is 21.5. The van der Waals surface area contributed by atoms with Gasteiger partial charge in [-0.1, -0.05) is 51.5 Å². The van der Waals surface area contributed by atoms with Gasteiger partial charge in [0.25, 0.3) is 0 Å². The van der Waals surface area contributed by atoms with Gasteiger partial charge in [0.1, 0.15) is 5.75 Å². The number of hydrogen-bond acceptors (Lipinski definition) is 4. The average Bonchev–Trinajstić information content (AvgIpc) is 2.70. The fraction of sp³-hybridized carbons (Fsp3) is 0.577. The van der Waals surface area contributed by atoms with Crippen molar-refractivity contribution in [2.24, 2.45) is 11.8 Å². The molecule has 1 aliphatic heterocycles. The van der Waals surface area contributed by atoms with Gasteiger partial charge in [-0.05, 0) is 54.7 Å². The van der Waals surface area contributed by atoms with Gasteiger partial charge in [0.05, 0.1) is 19.1 Å². The van der Waals surface area contributed by atoms with E-state index in [0.29, 0.717) is 6.10 Å². The molecule has 4 rings (SSSR count). The Morgan fingerprint density at radius 1 is 1.07 bits per heavy atom. The van der Waals surface area contributed by atoms with Gasteiger partial charge in [0.15, 0.2) is 0 Å². The number of fused-ring (bicyclic) bond motifs is 1. The molecule has 1 saturated heterocycles. The summed E-state index contributed by atoms with van der Waals surface area (Å²) < 4.78 is 11.1. The number of esters is 1. The Bertz CT molecular complexity index is 817. The minimum absolute atomic E-state index is 0.0379. The summed E-state index contributed by atoms with van der Waals surface area (Å²) >= 11 is 0. The van der Waals surface area contributed by atoms with Crippen LogP contribution in [0.15, 0.2) is 36.4 Å². The van der Waals surface area contributed by atoms with Gasteiger partial charge in [0, 0.05) is 25.0 Å². The first-order valence-corrected chi connectivity index (χ1v) is 11.4. The number of rotatable bonds is 5. The van der Waals surface area contributed by atoms with Crippen molar-refractivity contribution in [3.8, 4) is 5.75 Å². The van der Waals surface area contributed by atoms with Crippen molar-refractivity contribution in [1.29, 1.82) is 0 Å². The maximum Gasteiger partial charge on any atom is 0.311 e. The number of ether oxygens (including phenoxy) is 2. The number of benzene rings is 2. The molecule has 0 N–H and O–H groups in total. The lowest BCUT2D eigenvalue weighted by Gasteiger charge is -2.37. The molecule has 0 bridgehead atoms. The fourth-order valence-corrected chi connectivity index (χ4v) is 4.14. The Kier molecular flexibility index (Phi) is 8.15. The topological polar surface area (TPSA) is 38.8 Å². The maximum absolute atomic E-state index is 11.5. The summed E-state index contributed by atoms with van der Waals surface area (Å²) in [5.74, 6) is 1.79. The molecule has 1 saturated carbocycles. The quantitative estimate of drug-likeness (QED) is 0.581. The second-order valence-corrected chi connectivity index (χ2v) is 9.34. The van der Waals surface area contributed by atoms with Gasteiger partial charge in [0.2, 0.25) is 0 Å². The monoisotopic (exact) mass is 411 g/mol. The predicted molar refractivity (Wildman–Crippen MR) is 123 cm³/mol. The largest absolute Gasteiger partial charge is 0.490 e. The first kappa shape index (κ1) is 22.6. The van der Waals surface area contributed by atoms with Crippen molar-refractivity contribution in [2.75, 3.05) is 20.2 Å². The molecular weight excluding hydrogens is 374 g/mol. The first-order valence-electron chi connectivity index (χ1n) is 11.4. The normalized spacial score (nSPS) is 17.9. The van der Waals surface area contributed by atoms with Crippen molar-refractivity contribution in [1.82, 2.24) is 4.90 Å². The lowest BCUT2D eigenvalue weighted by molar-refractivity contribution is -0.151. The van der Waals surface area contributed by atoms with Crippen LogP contribution in [0.1, 0.15) is 58.4 Å². The third-order valence-corrected chi connectivity index (χ3v) is 5.65. The highest BCUT2D eigenvalue weighted by Crippen LogP contribution is 2.31. The molecule has 2 fully saturated rings. The van der Waals surface area contributed by atoms with E-state index < -0.39 is 0 Å². The minimum Gasteiger partial charge on any atom is -0.490 e. The zero-order valence-corrected chi connectivity index (χ0v) is 19.0. The van der Waals surface area contributed by atoms with Crippen molar-refractivity contribution < 1.29 is 14.3 Å². The van der Waals surface area contributed by atoms with E-state index in [4.69, 9.17) is 9.47 Å². The smallest absolute Gasteiger partial charge is 0.311 e. The number of carbonyl (C=O) groups is 1. The van der Waals surface area contributed by atoms with E-state index in [1.807, 2.05) is 0 Å². The number of methoxy groups -OCH3 is 1. The Morgan fingerprint density at radius 3 is 2.43 bits per heavy atom. The van der Waals surface area contributed by atoms with Crippen LogP contribution in [0.3, 0.4) is 0 Å². The van der Waals surface area contributed by atoms with Gasteiger partial charge < -0.3 is 9.47 Å². The van der Waals surface area contributed by atoms with Gasteiger partial charge in [-0.3, -0.25) is 9.69 Å². The van der Waals surface area contributed by atoms with Crippen LogP contribution in [-0.4, -0.2) is 37.2 Å². The number of nitrogens with zero attached hydrogens (tertiary/aromatic N) is 1. The van der Waals surface area contributed by atoms with Gasteiger partial charge in [-0.15, -0.1) is 0 Å². The average molecular weight is 412 g/mol. The molecule has 0 atom stereocenters. The zero-order valence-electron chi connectivity index (χ0n) is 19.0. The standard InChI is InChI=1S/C22H27NO3.C4H10/c1-25-22(24)18-14-23(15-18)13-16-10-11-20-17(12-16)6-5-9-21(20)26-19-7-3-2-4-8-19;1-4(2)3/h5-6,9-12,18-19H,2-4,7-8,13-15H2,1H3;4H,1-3H3. The van der Waals surface area contributed by atoms with Crippen molar-refractivity contribution in [3.63, 3.8) is 0 Å². The second kappa shape index (κ2) is 10.8. The molecule has 0 aromatic heterocycles. The van der Waals surface area contributed by atoms with E-state index in [2.05, 4.69) is 62.1 Å². The minimum atomic E-state index is -0.0933. The molecule has 0 unspecified atom stereocenters. The van der Waals surface area contributed by atoms with Gasteiger partial charge in [-0.25, -0.2) is 0 Å². The van der Waals surface area contributed by atoms with E-state index in [9.17, 15) is 4.79 Å². The number of carbonyl (C=O) groups excluding carboxylic acids is 1. The molecule has 164 valence electrons.